The third-order valence-corrected chi connectivity index (χ3v) is 5.03. The average Bonchev–Trinajstić information content (AvgIpc) is 2.70. The summed E-state index contributed by atoms with van der Waals surface area (Å²) in [6, 6.07) is 14.8. The van der Waals surface area contributed by atoms with Crippen molar-refractivity contribution in [2.24, 2.45) is 0 Å². The van der Waals surface area contributed by atoms with Crippen LogP contribution in [0.3, 0.4) is 0 Å². The Morgan fingerprint density at radius 3 is 2.46 bits per heavy atom. The van der Waals surface area contributed by atoms with Crippen LogP contribution >= 0.6 is 0 Å². The van der Waals surface area contributed by atoms with Crippen LogP contribution in [0.2, 0.25) is 0 Å². The molecule has 0 aromatic heterocycles. The van der Waals surface area contributed by atoms with Crippen LogP contribution in [0.4, 0.5) is 4.79 Å². The zero-order valence-corrected chi connectivity index (χ0v) is 16.3. The molecule has 0 saturated carbocycles. The number of carbonyl (C=O) groups is 2. The molecular weight excluding hydrogens is 356 g/mol. The Morgan fingerprint density at radius 1 is 1.04 bits per heavy atom. The van der Waals surface area contributed by atoms with Gasteiger partial charge in [0.05, 0.1) is 0 Å². The van der Waals surface area contributed by atoms with Crippen LogP contribution in [0.1, 0.15) is 24.0 Å². The molecule has 1 N–H and O–H groups in total. The van der Waals surface area contributed by atoms with Crippen molar-refractivity contribution < 1.29 is 19.1 Å². The highest BCUT2D eigenvalue weighted by Gasteiger charge is 2.24. The molecule has 1 aliphatic heterocycles. The van der Waals surface area contributed by atoms with Crippen molar-refractivity contribution in [2.45, 2.75) is 32.7 Å². The number of nitrogens with zero attached hydrogens (tertiary/aromatic N) is 1. The highest BCUT2D eigenvalue weighted by atomic mass is 16.6. The van der Waals surface area contributed by atoms with E-state index in [4.69, 9.17) is 9.47 Å². The van der Waals surface area contributed by atoms with Crippen molar-refractivity contribution in [2.75, 3.05) is 19.7 Å². The molecular formula is C22H26N2O4. The number of amides is 2. The first-order chi connectivity index (χ1) is 13.5. The second kappa shape index (κ2) is 9.26. The largest absolute Gasteiger partial charge is 0.483 e. The number of benzene rings is 2. The molecule has 2 aromatic rings. The zero-order chi connectivity index (χ0) is 19.9. The van der Waals surface area contributed by atoms with Crippen molar-refractivity contribution in [1.29, 1.82) is 0 Å². The van der Waals surface area contributed by atoms with Crippen molar-refractivity contribution in [1.82, 2.24) is 10.2 Å². The van der Waals surface area contributed by atoms with E-state index < -0.39 is 6.09 Å². The second-order valence-corrected chi connectivity index (χ2v) is 6.99. The number of nitrogens with one attached hydrogen (secondary N) is 1. The number of piperidine rings is 1. The number of aryl methyl sites for hydroxylation is 1. The Morgan fingerprint density at radius 2 is 1.75 bits per heavy atom. The number of likely N-dealkylation sites (tertiary alicyclic amines) is 1. The molecule has 1 heterocycles. The van der Waals surface area contributed by atoms with E-state index in [1.54, 1.807) is 17.0 Å². The Labute approximate surface area is 165 Å². The predicted molar refractivity (Wildman–Crippen MR) is 107 cm³/mol. The fraction of sp³-hybridized carbons (Fsp3) is 0.364. The van der Waals surface area contributed by atoms with E-state index in [1.807, 2.05) is 50.2 Å². The van der Waals surface area contributed by atoms with Gasteiger partial charge < -0.3 is 19.7 Å². The first-order valence-corrected chi connectivity index (χ1v) is 9.53. The van der Waals surface area contributed by atoms with Crippen LogP contribution in [0.15, 0.2) is 48.5 Å². The topological polar surface area (TPSA) is 67.9 Å². The van der Waals surface area contributed by atoms with Gasteiger partial charge in [-0.25, -0.2) is 4.79 Å². The normalized spacial score (nSPS) is 14.4. The van der Waals surface area contributed by atoms with Gasteiger partial charge in [0.2, 0.25) is 0 Å². The quantitative estimate of drug-likeness (QED) is 0.860. The first kappa shape index (κ1) is 19.7. The third kappa shape index (κ3) is 5.25. The van der Waals surface area contributed by atoms with E-state index in [0.717, 1.165) is 16.9 Å². The Kier molecular flexibility index (Phi) is 6.53. The lowest BCUT2D eigenvalue weighted by Gasteiger charge is -2.32. The van der Waals surface area contributed by atoms with Gasteiger partial charge in [-0.1, -0.05) is 30.3 Å². The van der Waals surface area contributed by atoms with Gasteiger partial charge in [0, 0.05) is 19.1 Å². The molecule has 0 unspecified atom stereocenters. The molecule has 0 bridgehead atoms. The van der Waals surface area contributed by atoms with E-state index in [1.165, 1.54) is 0 Å². The van der Waals surface area contributed by atoms with E-state index in [9.17, 15) is 9.59 Å². The fourth-order valence-corrected chi connectivity index (χ4v) is 3.18. The lowest BCUT2D eigenvalue weighted by Crippen LogP contribution is -2.48. The number of para-hydroxylation sites is 1. The van der Waals surface area contributed by atoms with Gasteiger partial charge in [0.1, 0.15) is 11.5 Å². The van der Waals surface area contributed by atoms with Gasteiger partial charge in [-0.3, -0.25) is 4.79 Å². The number of rotatable bonds is 5. The maximum absolute atomic E-state index is 12.4. The highest BCUT2D eigenvalue weighted by molar-refractivity contribution is 5.78. The summed E-state index contributed by atoms with van der Waals surface area (Å²) in [5, 5.41) is 2.87. The van der Waals surface area contributed by atoms with Gasteiger partial charge in [0.25, 0.3) is 5.91 Å². The van der Waals surface area contributed by atoms with Crippen LogP contribution in [-0.2, 0) is 4.79 Å². The SMILES string of the molecule is Cc1cccc(OCC(=O)N2CCC(NC(=O)Oc3ccccc3)CC2)c1C. The summed E-state index contributed by atoms with van der Waals surface area (Å²) >= 11 is 0. The van der Waals surface area contributed by atoms with Gasteiger partial charge in [-0.05, 0) is 56.0 Å². The summed E-state index contributed by atoms with van der Waals surface area (Å²) in [7, 11) is 0. The molecule has 2 aromatic carbocycles. The standard InChI is InChI=1S/C22H26N2O4/c1-16-7-6-10-20(17(16)2)27-15-21(25)24-13-11-18(12-14-24)23-22(26)28-19-8-4-3-5-9-19/h3-10,18H,11-15H2,1-2H3,(H,23,26). The van der Waals surface area contributed by atoms with Crippen molar-refractivity contribution in [3.63, 3.8) is 0 Å². The average molecular weight is 382 g/mol. The molecule has 0 radical (unpaired) electrons. The second-order valence-electron chi connectivity index (χ2n) is 6.99. The van der Waals surface area contributed by atoms with Gasteiger partial charge >= 0.3 is 6.09 Å². The minimum absolute atomic E-state index is 0.000183. The van der Waals surface area contributed by atoms with Crippen LogP contribution in [0.25, 0.3) is 0 Å². The summed E-state index contributed by atoms with van der Waals surface area (Å²) in [5.41, 5.74) is 2.19. The Balaban J connectivity index is 1.41. The molecule has 0 atom stereocenters. The van der Waals surface area contributed by atoms with E-state index >= 15 is 0 Å². The Bertz CT molecular complexity index is 815. The van der Waals surface area contributed by atoms with Gasteiger partial charge in [-0.2, -0.15) is 0 Å². The number of ether oxygens (including phenoxy) is 2. The van der Waals surface area contributed by atoms with Crippen LogP contribution in [0, 0.1) is 13.8 Å². The lowest BCUT2D eigenvalue weighted by atomic mass is 10.1. The molecule has 148 valence electrons. The molecule has 6 heteroatoms. The molecule has 3 rings (SSSR count). The molecule has 0 aliphatic carbocycles. The van der Waals surface area contributed by atoms with E-state index in [2.05, 4.69) is 5.32 Å². The zero-order valence-electron chi connectivity index (χ0n) is 16.3. The number of carbonyl (C=O) groups excluding carboxylic acids is 2. The predicted octanol–water partition coefficient (Wildman–Crippen LogP) is 3.46. The van der Waals surface area contributed by atoms with Crippen LogP contribution in [0.5, 0.6) is 11.5 Å². The molecule has 0 spiro atoms. The van der Waals surface area contributed by atoms with Crippen LogP contribution < -0.4 is 14.8 Å². The number of hydrogen-bond donors (Lipinski definition) is 1. The Hall–Kier alpha value is -3.02. The van der Waals surface area contributed by atoms with Crippen molar-refractivity contribution >= 4 is 12.0 Å². The lowest BCUT2D eigenvalue weighted by molar-refractivity contribution is -0.134. The minimum Gasteiger partial charge on any atom is -0.483 e. The molecule has 28 heavy (non-hydrogen) atoms. The van der Waals surface area contributed by atoms with Gasteiger partial charge in [-0.15, -0.1) is 0 Å². The summed E-state index contributed by atoms with van der Waals surface area (Å²) in [6.45, 7) is 5.21. The van der Waals surface area contributed by atoms with Crippen LogP contribution in [-0.4, -0.2) is 42.6 Å². The van der Waals surface area contributed by atoms with E-state index in [0.29, 0.717) is 31.7 Å². The monoisotopic (exact) mass is 382 g/mol. The summed E-state index contributed by atoms with van der Waals surface area (Å²) in [4.78, 5) is 26.2. The molecule has 1 aliphatic rings. The smallest absolute Gasteiger partial charge is 0.412 e. The first-order valence-electron chi connectivity index (χ1n) is 9.53. The number of hydrogen-bond acceptors (Lipinski definition) is 4. The van der Waals surface area contributed by atoms with Crippen molar-refractivity contribution in [3.8, 4) is 11.5 Å². The minimum atomic E-state index is -0.464. The molecule has 1 saturated heterocycles. The third-order valence-electron chi connectivity index (χ3n) is 5.03. The highest BCUT2D eigenvalue weighted by Crippen LogP contribution is 2.21. The summed E-state index contributed by atoms with van der Waals surface area (Å²) in [5.74, 6) is 1.22. The maximum Gasteiger partial charge on any atom is 0.412 e. The molecule has 2 amide bonds. The van der Waals surface area contributed by atoms with Gasteiger partial charge in [0.15, 0.2) is 6.61 Å². The maximum atomic E-state index is 12.4. The van der Waals surface area contributed by atoms with E-state index in [-0.39, 0.29) is 18.6 Å². The fourth-order valence-electron chi connectivity index (χ4n) is 3.18. The molecule has 6 nitrogen and oxygen atoms in total. The van der Waals surface area contributed by atoms with Crippen molar-refractivity contribution in [3.05, 3.63) is 59.7 Å². The summed E-state index contributed by atoms with van der Waals surface area (Å²) in [6.07, 6.45) is 0.923. The summed E-state index contributed by atoms with van der Waals surface area (Å²) < 4.78 is 11.0. The molecule has 1 fully saturated rings.